The summed E-state index contributed by atoms with van der Waals surface area (Å²) >= 11 is 3.47. The van der Waals surface area contributed by atoms with Crippen LogP contribution in [0.3, 0.4) is 0 Å². The Labute approximate surface area is 345 Å². The van der Waals surface area contributed by atoms with Gasteiger partial charge in [-0.05, 0) is 59.6 Å². The molecule has 0 aliphatic rings. The first-order valence-corrected chi connectivity index (χ1v) is 20.1. The molecule has 8 aromatic carbocycles. The fourth-order valence-corrected chi connectivity index (χ4v) is 10.4. The first-order chi connectivity index (χ1) is 31.2. The lowest BCUT2D eigenvalue weighted by Gasteiger charge is -2.15. The smallest absolute Gasteiger partial charge is 0.166 e. The molecule has 0 spiro atoms. The predicted molar refractivity (Wildman–Crippen MR) is 242 cm³/mol. The molecule has 12 rings (SSSR count). The summed E-state index contributed by atoms with van der Waals surface area (Å²) in [5.41, 5.74) is 4.91. The van der Waals surface area contributed by atoms with Gasteiger partial charge in [-0.2, -0.15) is 0 Å². The predicted octanol–water partition coefficient (Wildman–Crippen LogP) is 14.4. The molecule has 4 nitrogen and oxygen atoms in total. The molecule has 4 aromatic heterocycles. The number of hydrogen-bond acceptors (Lipinski definition) is 5. The van der Waals surface area contributed by atoms with Gasteiger partial charge in [-0.15, -0.1) is 22.7 Å². The van der Waals surface area contributed by atoms with E-state index in [1.165, 1.54) is 26.2 Å². The molecule has 0 N–H and O–H groups in total. The monoisotopic (exact) mass is 769 g/mol. The largest absolute Gasteiger partial charge is 0.309 e. The number of nitrogens with zero attached hydrogens (tertiary/aromatic N) is 4. The number of fused-ring (bicyclic) bond motifs is 9. The molecule has 12 aromatic rings. The SMILES string of the molecule is [2H]c1cc([2H])c2c(c1[2H])c1c([2H])c([2H])c([2H])c([2H])c1n2-c1ccccc1-c1nc(-c2cccc(-c3cccc4c3sc3ccccc34)c2)nc(-c2cccc3sc4ccccc4c23)n1. The van der Waals surface area contributed by atoms with Crippen molar-refractivity contribution >= 4 is 84.8 Å². The number of hydrogen-bond donors (Lipinski definition) is 0. The summed E-state index contributed by atoms with van der Waals surface area (Å²) in [6, 6.07) is 44.0. The average molecular weight is 770 g/mol. The molecule has 0 fully saturated rings. The molecular weight excluding hydrogens is 733 g/mol. The highest BCUT2D eigenvalue weighted by Crippen LogP contribution is 2.43. The van der Waals surface area contributed by atoms with E-state index in [1.54, 1.807) is 33.3 Å². The minimum atomic E-state index is -0.459. The summed E-state index contributed by atoms with van der Waals surface area (Å²) in [6.07, 6.45) is 0. The van der Waals surface area contributed by atoms with Crippen LogP contribution in [0, 0.1) is 0 Å². The van der Waals surface area contributed by atoms with Crippen LogP contribution in [0.5, 0.6) is 0 Å². The van der Waals surface area contributed by atoms with Gasteiger partial charge in [0.05, 0.1) is 26.3 Å². The van der Waals surface area contributed by atoms with E-state index in [9.17, 15) is 1.37 Å². The summed E-state index contributed by atoms with van der Waals surface area (Å²) in [5, 5.41) is 4.70. The van der Waals surface area contributed by atoms with E-state index < -0.39 is 12.1 Å². The van der Waals surface area contributed by atoms with Gasteiger partial charge in [0, 0.05) is 67.8 Å². The Hall–Kier alpha value is -6.99. The summed E-state index contributed by atoms with van der Waals surface area (Å²) < 4.78 is 68.4. The molecule has 0 radical (unpaired) electrons. The van der Waals surface area contributed by atoms with Crippen LogP contribution in [0.15, 0.2) is 182 Å². The van der Waals surface area contributed by atoms with Crippen LogP contribution in [0.4, 0.5) is 0 Å². The van der Waals surface area contributed by atoms with Gasteiger partial charge in [0.2, 0.25) is 0 Å². The topological polar surface area (TPSA) is 43.6 Å². The summed E-state index contributed by atoms with van der Waals surface area (Å²) in [5.74, 6) is 1.17. The van der Waals surface area contributed by atoms with E-state index in [1.807, 2.05) is 54.6 Å². The summed E-state index contributed by atoms with van der Waals surface area (Å²) in [4.78, 5) is 15.7. The standard InChI is InChI=1S/C51H30N4S2/c1-6-24-41-34(16-1)35-17-2-7-25-42(35)55(41)43-26-8-3-19-38(43)50-52-49(53-51(54-50)40-23-13-29-46-47(40)39-20-5-10-28-45(39)56-46)32-15-11-14-31(30-32)33-21-12-22-37-36-18-4-9-27-44(36)57-48(33)37/h1-30H/i1D,2D,6D,16D,17D,24D,25D. The first kappa shape index (κ1) is 26.0. The summed E-state index contributed by atoms with van der Waals surface area (Å²) in [7, 11) is 0. The third-order valence-corrected chi connectivity index (χ3v) is 12.9. The average Bonchev–Trinajstić information content (AvgIpc) is 4.02. The van der Waals surface area contributed by atoms with Crippen molar-refractivity contribution in [1.29, 1.82) is 0 Å². The number of para-hydroxylation sites is 3. The second kappa shape index (κ2) is 12.8. The van der Waals surface area contributed by atoms with E-state index in [4.69, 9.17) is 23.2 Å². The van der Waals surface area contributed by atoms with Crippen LogP contribution in [-0.2, 0) is 0 Å². The zero-order valence-electron chi connectivity index (χ0n) is 36.9. The lowest BCUT2D eigenvalue weighted by molar-refractivity contribution is 1.07. The van der Waals surface area contributed by atoms with Crippen molar-refractivity contribution < 1.29 is 9.60 Å². The lowest BCUT2D eigenvalue weighted by atomic mass is 10.0. The molecule has 6 heteroatoms. The number of benzene rings is 8. The fraction of sp³-hybridized carbons (Fsp3) is 0. The molecule has 0 saturated heterocycles. The molecule has 4 heterocycles. The van der Waals surface area contributed by atoms with Crippen LogP contribution in [0.25, 0.3) is 113 Å². The van der Waals surface area contributed by atoms with Gasteiger partial charge in [-0.3, -0.25) is 0 Å². The van der Waals surface area contributed by atoms with Crippen LogP contribution in [0.1, 0.15) is 9.60 Å². The highest BCUT2D eigenvalue weighted by atomic mass is 32.1. The highest BCUT2D eigenvalue weighted by Gasteiger charge is 2.21. The zero-order valence-corrected chi connectivity index (χ0v) is 31.5. The van der Waals surface area contributed by atoms with Crippen LogP contribution >= 0.6 is 22.7 Å². The van der Waals surface area contributed by atoms with Gasteiger partial charge in [-0.1, -0.05) is 133 Å². The third-order valence-electron chi connectivity index (χ3n) is 10.6. The molecule has 0 saturated carbocycles. The highest BCUT2D eigenvalue weighted by molar-refractivity contribution is 7.26. The molecule has 0 amide bonds. The Balaban J connectivity index is 1.15. The maximum absolute atomic E-state index is 9.19. The van der Waals surface area contributed by atoms with Gasteiger partial charge >= 0.3 is 0 Å². The van der Waals surface area contributed by atoms with E-state index in [0.29, 0.717) is 28.7 Å². The Morgan fingerprint density at radius 3 is 1.95 bits per heavy atom. The van der Waals surface area contributed by atoms with E-state index >= 15 is 0 Å². The molecule has 266 valence electrons. The van der Waals surface area contributed by atoms with Crippen molar-refractivity contribution in [2.75, 3.05) is 0 Å². The number of thiophene rings is 2. The maximum atomic E-state index is 9.19. The van der Waals surface area contributed by atoms with Crippen molar-refractivity contribution in [2.45, 2.75) is 0 Å². The van der Waals surface area contributed by atoms with Gasteiger partial charge in [0.1, 0.15) is 0 Å². The molecule has 0 bridgehead atoms. The van der Waals surface area contributed by atoms with Crippen LogP contribution in [0.2, 0.25) is 0 Å². The van der Waals surface area contributed by atoms with Crippen LogP contribution in [-0.4, -0.2) is 19.5 Å². The zero-order chi connectivity index (χ0) is 43.5. The Morgan fingerprint density at radius 1 is 0.421 bits per heavy atom. The molecule has 0 unspecified atom stereocenters. The van der Waals surface area contributed by atoms with Crippen LogP contribution < -0.4 is 0 Å². The summed E-state index contributed by atoms with van der Waals surface area (Å²) in [6.45, 7) is 0. The molecule has 0 aliphatic carbocycles. The number of rotatable bonds is 5. The second-order valence-corrected chi connectivity index (χ2v) is 15.9. The van der Waals surface area contributed by atoms with E-state index in [0.717, 1.165) is 42.4 Å². The molecule has 0 aliphatic heterocycles. The first-order valence-electron chi connectivity index (χ1n) is 21.9. The Morgan fingerprint density at radius 2 is 1.04 bits per heavy atom. The van der Waals surface area contributed by atoms with Crippen molar-refractivity contribution in [1.82, 2.24) is 19.5 Å². The van der Waals surface area contributed by atoms with E-state index in [-0.39, 0.29) is 52.0 Å². The molecule has 57 heavy (non-hydrogen) atoms. The normalized spacial score (nSPS) is 13.6. The van der Waals surface area contributed by atoms with Crippen molar-refractivity contribution in [2.24, 2.45) is 0 Å². The van der Waals surface area contributed by atoms with Gasteiger partial charge in [-0.25, -0.2) is 15.0 Å². The number of aromatic nitrogens is 4. The van der Waals surface area contributed by atoms with Crippen molar-refractivity contribution in [3.63, 3.8) is 0 Å². The molecular formula is C51H30N4S2. The Bertz CT molecular complexity index is 3970. The fourth-order valence-electron chi connectivity index (χ4n) is 8.07. The van der Waals surface area contributed by atoms with Crippen molar-refractivity contribution in [3.05, 3.63) is 182 Å². The van der Waals surface area contributed by atoms with Crippen molar-refractivity contribution in [3.8, 4) is 51.0 Å². The van der Waals surface area contributed by atoms with Gasteiger partial charge < -0.3 is 4.57 Å². The quantitative estimate of drug-likeness (QED) is 0.175. The minimum absolute atomic E-state index is 0.0712. The van der Waals surface area contributed by atoms with Gasteiger partial charge in [0.15, 0.2) is 17.5 Å². The van der Waals surface area contributed by atoms with Gasteiger partial charge in [0.25, 0.3) is 0 Å². The minimum Gasteiger partial charge on any atom is -0.309 e. The molecule has 0 atom stereocenters. The van der Waals surface area contributed by atoms with E-state index in [2.05, 4.69) is 72.8 Å². The second-order valence-electron chi connectivity index (χ2n) is 13.8. The maximum Gasteiger partial charge on any atom is 0.166 e. The third kappa shape index (κ3) is 5.08. The Kier molecular flexibility index (Phi) is 5.82. The lowest BCUT2D eigenvalue weighted by Crippen LogP contribution is -2.03.